The molecule has 0 aliphatic heterocycles. The summed E-state index contributed by atoms with van der Waals surface area (Å²) in [4.78, 5) is 10.3. The number of anilines is 1. The van der Waals surface area contributed by atoms with Gasteiger partial charge in [-0.05, 0) is 12.8 Å². The second-order valence-corrected chi connectivity index (χ2v) is 4.72. The molecule has 1 aromatic rings. The first-order chi connectivity index (χ1) is 8.89. The van der Waals surface area contributed by atoms with Crippen molar-refractivity contribution >= 4 is 23.0 Å². The third-order valence-corrected chi connectivity index (χ3v) is 3.58. The number of halogens is 2. The van der Waals surface area contributed by atoms with Gasteiger partial charge in [-0.3, -0.25) is 10.1 Å². The van der Waals surface area contributed by atoms with Crippen molar-refractivity contribution < 1.29 is 14.4 Å². The molecular formula is C12H16ClFN2O3. The lowest BCUT2D eigenvalue weighted by Gasteiger charge is -2.31. The number of nitrogens with one attached hydrogen (secondary N) is 1. The van der Waals surface area contributed by atoms with Crippen LogP contribution in [0.3, 0.4) is 0 Å². The molecule has 7 heteroatoms. The van der Waals surface area contributed by atoms with Crippen molar-refractivity contribution in [3.63, 3.8) is 0 Å². The van der Waals surface area contributed by atoms with Gasteiger partial charge in [0.05, 0.1) is 22.1 Å². The summed E-state index contributed by atoms with van der Waals surface area (Å²) in [6, 6.07) is 1.95. The van der Waals surface area contributed by atoms with E-state index in [0.29, 0.717) is 12.8 Å². The standard InChI is InChI=1S/C12H16ClFN2O3/c1-3-12(4-2,7-17)15-10-6-9(14)8(13)5-11(10)16(18)19/h5-6,15,17H,3-4,7H2,1-2H3. The van der Waals surface area contributed by atoms with Gasteiger partial charge in [0.25, 0.3) is 5.69 Å². The molecule has 0 aromatic heterocycles. The maximum atomic E-state index is 13.5. The Hall–Kier alpha value is -1.40. The molecule has 0 aliphatic carbocycles. The van der Waals surface area contributed by atoms with Crippen LogP contribution in [0.5, 0.6) is 0 Å². The summed E-state index contributed by atoms with van der Waals surface area (Å²) in [6.45, 7) is 3.47. The van der Waals surface area contributed by atoms with Crippen molar-refractivity contribution in [1.82, 2.24) is 0 Å². The SMILES string of the molecule is CCC(CC)(CO)Nc1cc(F)c(Cl)cc1[N+](=O)[O-]. The fourth-order valence-electron chi connectivity index (χ4n) is 1.76. The van der Waals surface area contributed by atoms with Gasteiger partial charge < -0.3 is 10.4 Å². The highest BCUT2D eigenvalue weighted by Gasteiger charge is 2.29. The molecule has 0 unspecified atom stereocenters. The topological polar surface area (TPSA) is 75.4 Å². The van der Waals surface area contributed by atoms with Gasteiger partial charge in [-0.25, -0.2) is 4.39 Å². The van der Waals surface area contributed by atoms with Crippen molar-refractivity contribution in [2.45, 2.75) is 32.2 Å². The second kappa shape index (κ2) is 6.16. The lowest BCUT2D eigenvalue weighted by molar-refractivity contribution is -0.384. The Labute approximate surface area is 115 Å². The van der Waals surface area contributed by atoms with E-state index < -0.39 is 16.3 Å². The van der Waals surface area contributed by atoms with Crippen molar-refractivity contribution in [1.29, 1.82) is 0 Å². The highest BCUT2D eigenvalue weighted by atomic mass is 35.5. The molecule has 0 aliphatic rings. The summed E-state index contributed by atoms with van der Waals surface area (Å²) in [6.07, 6.45) is 1.09. The molecule has 0 radical (unpaired) electrons. The van der Waals surface area contributed by atoms with E-state index in [0.717, 1.165) is 12.1 Å². The number of nitro groups is 1. The maximum absolute atomic E-state index is 13.5. The van der Waals surface area contributed by atoms with E-state index in [-0.39, 0.29) is 23.0 Å². The summed E-state index contributed by atoms with van der Waals surface area (Å²) >= 11 is 5.55. The average molecular weight is 291 g/mol. The normalized spacial score (nSPS) is 11.4. The second-order valence-electron chi connectivity index (χ2n) is 4.31. The number of aliphatic hydroxyl groups excluding tert-OH is 1. The molecule has 106 valence electrons. The van der Waals surface area contributed by atoms with Crippen molar-refractivity contribution in [3.8, 4) is 0 Å². The van der Waals surface area contributed by atoms with Gasteiger partial charge >= 0.3 is 0 Å². The number of hydrogen-bond acceptors (Lipinski definition) is 4. The molecule has 0 heterocycles. The van der Waals surface area contributed by atoms with Crippen LogP contribution in [-0.4, -0.2) is 22.2 Å². The summed E-state index contributed by atoms with van der Waals surface area (Å²) in [5.74, 6) is -0.742. The first-order valence-electron chi connectivity index (χ1n) is 5.91. The fourth-order valence-corrected chi connectivity index (χ4v) is 1.92. The summed E-state index contributed by atoms with van der Waals surface area (Å²) in [7, 11) is 0. The van der Waals surface area contributed by atoms with Crippen LogP contribution in [-0.2, 0) is 0 Å². The van der Waals surface area contributed by atoms with E-state index in [1.807, 2.05) is 13.8 Å². The van der Waals surface area contributed by atoms with Crippen LogP contribution in [0.4, 0.5) is 15.8 Å². The van der Waals surface area contributed by atoms with Crippen LogP contribution in [0.15, 0.2) is 12.1 Å². The quantitative estimate of drug-likeness (QED) is 0.622. The zero-order chi connectivity index (χ0) is 14.6. The number of benzene rings is 1. The van der Waals surface area contributed by atoms with Crippen LogP contribution in [0, 0.1) is 15.9 Å². The fraction of sp³-hybridized carbons (Fsp3) is 0.500. The monoisotopic (exact) mass is 290 g/mol. The Balaban J connectivity index is 3.26. The van der Waals surface area contributed by atoms with E-state index in [9.17, 15) is 19.6 Å². The van der Waals surface area contributed by atoms with Crippen LogP contribution in [0.25, 0.3) is 0 Å². The minimum atomic E-state index is -0.742. The summed E-state index contributed by atoms with van der Waals surface area (Å²) in [5.41, 5.74) is -1.01. The number of aliphatic hydroxyl groups is 1. The molecule has 1 aromatic carbocycles. The molecule has 0 atom stereocenters. The summed E-state index contributed by atoms with van der Waals surface area (Å²) < 4.78 is 13.5. The van der Waals surface area contributed by atoms with Crippen LogP contribution in [0.1, 0.15) is 26.7 Å². The maximum Gasteiger partial charge on any atom is 0.294 e. The van der Waals surface area contributed by atoms with Gasteiger partial charge in [-0.2, -0.15) is 0 Å². The van der Waals surface area contributed by atoms with Crippen molar-refractivity contribution in [2.75, 3.05) is 11.9 Å². The van der Waals surface area contributed by atoms with Crippen LogP contribution in [0.2, 0.25) is 5.02 Å². The van der Waals surface area contributed by atoms with Crippen LogP contribution >= 0.6 is 11.6 Å². The van der Waals surface area contributed by atoms with E-state index in [1.165, 1.54) is 0 Å². The minimum absolute atomic E-state index is 0.0182. The van der Waals surface area contributed by atoms with Gasteiger partial charge in [0.1, 0.15) is 11.5 Å². The molecule has 0 spiro atoms. The molecule has 0 fully saturated rings. The molecule has 0 saturated carbocycles. The molecular weight excluding hydrogens is 275 g/mol. The van der Waals surface area contributed by atoms with Gasteiger partial charge in [-0.1, -0.05) is 25.4 Å². The predicted octanol–water partition coefficient (Wildman–Crippen LogP) is 3.35. The van der Waals surface area contributed by atoms with Crippen LogP contribution < -0.4 is 5.32 Å². The lowest BCUT2D eigenvalue weighted by Crippen LogP contribution is -2.41. The first kappa shape index (κ1) is 15.7. The van der Waals surface area contributed by atoms with Gasteiger partial charge in [0.15, 0.2) is 0 Å². The Bertz CT molecular complexity index is 470. The molecule has 1 rings (SSSR count). The van der Waals surface area contributed by atoms with E-state index in [4.69, 9.17) is 11.6 Å². The predicted molar refractivity (Wildman–Crippen MR) is 72.1 cm³/mol. The zero-order valence-electron chi connectivity index (χ0n) is 10.7. The molecule has 0 amide bonds. The lowest BCUT2D eigenvalue weighted by atomic mass is 9.93. The number of nitro benzene ring substituents is 1. The number of hydrogen-bond donors (Lipinski definition) is 2. The third kappa shape index (κ3) is 3.33. The zero-order valence-corrected chi connectivity index (χ0v) is 11.5. The van der Waals surface area contributed by atoms with Crippen molar-refractivity contribution in [3.05, 3.63) is 33.1 Å². The van der Waals surface area contributed by atoms with E-state index >= 15 is 0 Å². The Morgan fingerprint density at radius 2 is 2.05 bits per heavy atom. The van der Waals surface area contributed by atoms with Crippen molar-refractivity contribution in [2.24, 2.45) is 0 Å². The number of rotatable bonds is 6. The Kier molecular flexibility index (Phi) is 5.08. The smallest absolute Gasteiger partial charge is 0.294 e. The third-order valence-electron chi connectivity index (χ3n) is 3.29. The van der Waals surface area contributed by atoms with Gasteiger partial charge in [0, 0.05) is 12.1 Å². The van der Waals surface area contributed by atoms with Gasteiger partial charge in [0.2, 0.25) is 0 Å². The Morgan fingerprint density at radius 3 is 2.47 bits per heavy atom. The minimum Gasteiger partial charge on any atom is -0.394 e. The average Bonchev–Trinajstić information content (AvgIpc) is 2.39. The van der Waals surface area contributed by atoms with Gasteiger partial charge in [-0.15, -0.1) is 0 Å². The largest absolute Gasteiger partial charge is 0.394 e. The molecule has 2 N–H and O–H groups in total. The Morgan fingerprint density at radius 1 is 1.47 bits per heavy atom. The highest BCUT2D eigenvalue weighted by Crippen LogP contribution is 2.33. The highest BCUT2D eigenvalue weighted by molar-refractivity contribution is 6.31. The molecule has 0 bridgehead atoms. The first-order valence-corrected chi connectivity index (χ1v) is 6.29. The van der Waals surface area contributed by atoms with E-state index in [2.05, 4.69) is 5.32 Å². The molecule has 5 nitrogen and oxygen atoms in total. The molecule has 19 heavy (non-hydrogen) atoms. The van der Waals surface area contributed by atoms with E-state index in [1.54, 1.807) is 0 Å². The molecule has 0 saturated heterocycles. The summed E-state index contributed by atoms with van der Waals surface area (Å²) in [5, 5.41) is 23.0. The number of nitrogens with zero attached hydrogens (tertiary/aromatic N) is 1.